The Labute approximate surface area is 66.2 Å². The molecule has 2 bridgehead atoms. The summed E-state index contributed by atoms with van der Waals surface area (Å²) in [5, 5.41) is 0. The van der Waals surface area contributed by atoms with Crippen LogP contribution in [0.3, 0.4) is 0 Å². The summed E-state index contributed by atoms with van der Waals surface area (Å²) in [4.78, 5) is 11.5. The van der Waals surface area contributed by atoms with Gasteiger partial charge in [-0.15, -0.1) is 0 Å². The van der Waals surface area contributed by atoms with E-state index in [-0.39, 0.29) is 24.0 Å². The molecule has 0 aromatic rings. The van der Waals surface area contributed by atoms with Gasteiger partial charge in [0.25, 0.3) is 0 Å². The van der Waals surface area contributed by atoms with Crippen LogP contribution in [0.1, 0.15) is 13.8 Å². The fourth-order valence-corrected chi connectivity index (χ4v) is 1.80. The van der Waals surface area contributed by atoms with Crippen LogP contribution in [-0.4, -0.2) is 18.0 Å². The average Bonchev–Trinajstić information content (AvgIpc) is 2.44. The van der Waals surface area contributed by atoms with E-state index in [0.717, 1.165) is 0 Å². The Morgan fingerprint density at radius 1 is 1.18 bits per heavy atom. The van der Waals surface area contributed by atoms with Crippen LogP contribution < -0.4 is 0 Å². The summed E-state index contributed by atoms with van der Waals surface area (Å²) in [7, 11) is 0. The molecule has 0 N–H and O–H groups in total. The highest BCUT2D eigenvalue weighted by Crippen LogP contribution is 2.32. The predicted octanol–water partition coefficient (Wildman–Crippen LogP) is 1.16. The third-order valence-corrected chi connectivity index (χ3v) is 2.69. The number of carbonyl (C=O) groups is 1. The smallest absolute Gasteiger partial charge is 0.144 e. The Hall–Kier alpha value is -0.630. The summed E-state index contributed by atoms with van der Waals surface area (Å²) in [6, 6.07) is 0. The lowest BCUT2D eigenvalue weighted by atomic mass is 9.88. The standard InChI is InChI=1S/C9H12O2/c1-5-7-3-4-8(11-7)6(2)9(5)10/h3-8H,1-2H3/t5-,6+,7-,8+. The molecule has 0 aromatic heterocycles. The first-order valence-electron chi connectivity index (χ1n) is 4.07. The van der Waals surface area contributed by atoms with Gasteiger partial charge < -0.3 is 4.74 Å². The normalized spacial score (nSPS) is 48.4. The first kappa shape index (κ1) is 7.04. The van der Waals surface area contributed by atoms with Crippen molar-refractivity contribution in [3.63, 3.8) is 0 Å². The molecule has 0 unspecified atom stereocenters. The lowest BCUT2D eigenvalue weighted by Gasteiger charge is -2.30. The van der Waals surface area contributed by atoms with Crippen LogP contribution in [0.5, 0.6) is 0 Å². The molecule has 0 amide bonds. The summed E-state index contributed by atoms with van der Waals surface area (Å²) in [6.07, 6.45) is 4.14. The van der Waals surface area contributed by atoms with Crippen molar-refractivity contribution < 1.29 is 9.53 Å². The first-order valence-corrected chi connectivity index (χ1v) is 4.07. The van der Waals surface area contributed by atoms with E-state index in [1.807, 2.05) is 26.0 Å². The van der Waals surface area contributed by atoms with Gasteiger partial charge in [0.15, 0.2) is 0 Å². The first-order chi connectivity index (χ1) is 5.20. The van der Waals surface area contributed by atoms with Crippen LogP contribution >= 0.6 is 0 Å². The number of ether oxygens (including phenoxy) is 1. The number of rotatable bonds is 0. The Bertz CT molecular complexity index is 200. The molecule has 0 aliphatic carbocycles. The summed E-state index contributed by atoms with van der Waals surface area (Å²) in [6.45, 7) is 3.88. The topological polar surface area (TPSA) is 26.3 Å². The molecule has 1 saturated heterocycles. The number of carbonyl (C=O) groups excluding carboxylic acids is 1. The van der Waals surface area contributed by atoms with Crippen molar-refractivity contribution >= 4 is 5.78 Å². The third kappa shape index (κ3) is 0.857. The third-order valence-electron chi connectivity index (χ3n) is 2.69. The molecule has 0 aromatic carbocycles. The van der Waals surface area contributed by atoms with Crippen molar-refractivity contribution in [3.05, 3.63) is 12.2 Å². The van der Waals surface area contributed by atoms with Gasteiger partial charge in [-0.2, -0.15) is 0 Å². The van der Waals surface area contributed by atoms with Gasteiger partial charge in [0.05, 0.1) is 12.2 Å². The Morgan fingerprint density at radius 2 is 1.64 bits per heavy atom. The molecular weight excluding hydrogens is 140 g/mol. The minimum absolute atomic E-state index is 0.0556. The van der Waals surface area contributed by atoms with Crippen molar-refractivity contribution in [1.82, 2.24) is 0 Å². The van der Waals surface area contributed by atoms with Crippen LogP contribution in [0.15, 0.2) is 12.2 Å². The van der Waals surface area contributed by atoms with Crippen molar-refractivity contribution in [1.29, 1.82) is 0 Å². The van der Waals surface area contributed by atoms with Gasteiger partial charge >= 0.3 is 0 Å². The minimum atomic E-state index is 0.0556. The second-order valence-electron chi connectivity index (χ2n) is 3.43. The monoisotopic (exact) mass is 152 g/mol. The molecule has 1 fully saturated rings. The largest absolute Gasteiger partial charge is 0.365 e. The van der Waals surface area contributed by atoms with E-state index in [1.54, 1.807) is 0 Å². The van der Waals surface area contributed by atoms with Gasteiger partial charge in [-0.05, 0) is 0 Å². The van der Waals surface area contributed by atoms with Crippen LogP contribution in [0.4, 0.5) is 0 Å². The van der Waals surface area contributed by atoms with Crippen LogP contribution in [-0.2, 0) is 9.53 Å². The fraction of sp³-hybridized carbons (Fsp3) is 0.667. The Balaban J connectivity index is 2.29. The molecular formula is C9H12O2. The van der Waals surface area contributed by atoms with Crippen LogP contribution in [0, 0.1) is 11.8 Å². The van der Waals surface area contributed by atoms with Gasteiger partial charge in [0, 0.05) is 11.8 Å². The zero-order valence-electron chi connectivity index (χ0n) is 6.78. The average molecular weight is 152 g/mol. The van der Waals surface area contributed by atoms with Gasteiger partial charge in [0.2, 0.25) is 0 Å². The maximum Gasteiger partial charge on any atom is 0.144 e. The number of hydrogen-bond donors (Lipinski definition) is 0. The van der Waals surface area contributed by atoms with Crippen molar-refractivity contribution in [2.75, 3.05) is 0 Å². The summed E-state index contributed by atoms with van der Waals surface area (Å²) in [5.41, 5.74) is 0. The zero-order valence-corrected chi connectivity index (χ0v) is 6.78. The van der Waals surface area contributed by atoms with E-state index in [4.69, 9.17) is 4.74 Å². The molecule has 2 nitrogen and oxygen atoms in total. The summed E-state index contributed by atoms with van der Waals surface area (Å²) < 4.78 is 5.56. The molecule has 2 heteroatoms. The van der Waals surface area contributed by atoms with Gasteiger partial charge in [-0.3, -0.25) is 4.79 Å². The Morgan fingerprint density at radius 3 is 2.09 bits per heavy atom. The highest BCUT2D eigenvalue weighted by molar-refractivity contribution is 5.85. The van der Waals surface area contributed by atoms with Crippen LogP contribution in [0.2, 0.25) is 0 Å². The van der Waals surface area contributed by atoms with E-state index >= 15 is 0 Å². The SMILES string of the molecule is C[C@@H]1C(=O)[C@H](C)[C@H]2C=C[C@@H]1O2. The second kappa shape index (κ2) is 2.18. The molecule has 4 atom stereocenters. The molecule has 2 rings (SSSR count). The van der Waals surface area contributed by atoms with Gasteiger partial charge in [-0.25, -0.2) is 0 Å². The Kier molecular flexibility index (Phi) is 1.39. The highest BCUT2D eigenvalue weighted by Gasteiger charge is 2.41. The molecule has 60 valence electrons. The molecule has 2 aliphatic rings. The van der Waals surface area contributed by atoms with Crippen molar-refractivity contribution in [3.8, 4) is 0 Å². The van der Waals surface area contributed by atoms with E-state index in [0.29, 0.717) is 5.78 Å². The van der Waals surface area contributed by atoms with Gasteiger partial charge in [-0.1, -0.05) is 26.0 Å². The number of ketones is 1. The molecule has 11 heavy (non-hydrogen) atoms. The van der Waals surface area contributed by atoms with Crippen molar-refractivity contribution in [2.24, 2.45) is 11.8 Å². The number of Topliss-reactive ketones (excluding diaryl/α,β-unsaturated/α-hetero) is 1. The van der Waals surface area contributed by atoms with E-state index < -0.39 is 0 Å². The molecule has 0 radical (unpaired) electrons. The molecule has 0 saturated carbocycles. The number of hydrogen-bond acceptors (Lipinski definition) is 2. The maximum absolute atomic E-state index is 11.5. The van der Waals surface area contributed by atoms with Crippen LogP contribution in [0.25, 0.3) is 0 Å². The molecule has 0 spiro atoms. The lowest BCUT2D eigenvalue weighted by Crippen LogP contribution is -2.40. The van der Waals surface area contributed by atoms with Crippen molar-refractivity contribution in [2.45, 2.75) is 26.1 Å². The predicted molar refractivity (Wildman–Crippen MR) is 41.1 cm³/mol. The number of fused-ring (bicyclic) bond motifs is 2. The lowest BCUT2D eigenvalue weighted by molar-refractivity contribution is -0.142. The summed E-state index contributed by atoms with van der Waals surface area (Å²) in [5.74, 6) is 0.455. The quantitative estimate of drug-likeness (QED) is 0.487. The minimum Gasteiger partial charge on any atom is -0.365 e. The fourth-order valence-electron chi connectivity index (χ4n) is 1.80. The maximum atomic E-state index is 11.5. The van der Waals surface area contributed by atoms with E-state index in [9.17, 15) is 4.79 Å². The second-order valence-corrected chi connectivity index (χ2v) is 3.43. The summed E-state index contributed by atoms with van der Waals surface area (Å²) >= 11 is 0. The van der Waals surface area contributed by atoms with Gasteiger partial charge in [0.1, 0.15) is 5.78 Å². The zero-order chi connectivity index (χ0) is 8.01. The van der Waals surface area contributed by atoms with E-state index in [2.05, 4.69) is 0 Å². The highest BCUT2D eigenvalue weighted by atomic mass is 16.5. The molecule has 2 heterocycles. The molecule has 2 aliphatic heterocycles. The van der Waals surface area contributed by atoms with E-state index in [1.165, 1.54) is 0 Å².